The van der Waals surface area contributed by atoms with Crippen molar-refractivity contribution in [2.45, 2.75) is 6.42 Å². The van der Waals surface area contributed by atoms with E-state index in [0.29, 0.717) is 6.54 Å². The third-order valence-corrected chi connectivity index (χ3v) is 1.85. The zero-order valence-corrected chi connectivity index (χ0v) is 6.33. The van der Waals surface area contributed by atoms with E-state index >= 15 is 0 Å². The minimum atomic E-state index is -0.266. The fourth-order valence-corrected chi connectivity index (χ4v) is 1.16. The largest absolute Gasteiger partial charge is 0.345 e. The summed E-state index contributed by atoms with van der Waals surface area (Å²) in [6.45, 7) is 0.474. The number of hydrazine groups is 1. The molecule has 0 saturated carbocycles. The number of likely N-dealkylation sites (tertiary alicyclic amines) is 1. The molecular weight excluding hydrogens is 146 g/mol. The summed E-state index contributed by atoms with van der Waals surface area (Å²) in [4.78, 5) is 23.3. The average molecular weight is 157 g/mol. The van der Waals surface area contributed by atoms with Gasteiger partial charge < -0.3 is 4.90 Å². The molecule has 3 N–H and O–H groups in total. The first-order valence-electron chi connectivity index (χ1n) is 3.39. The molecule has 0 aromatic rings. The first kappa shape index (κ1) is 8.00. The Hall–Kier alpha value is -1.10. The highest BCUT2D eigenvalue weighted by molar-refractivity contribution is 5.88. The van der Waals surface area contributed by atoms with E-state index in [4.69, 9.17) is 5.84 Å². The molecular formula is C6H11N3O2. The van der Waals surface area contributed by atoms with Gasteiger partial charge in [0.15, 0.2) is 0 Å². The molecule has 0 aliphatic carbocycles. The van der Waals surface area contributed by atoms with E-state index in [2.05, 4.69) is 0 Å². The molecule has 1 aliphatic rings. The van der Waals surface area contributed by atoms with Crippen LogP contribution in [-0.2, 0) is 9.59 Å². The molecule has 0 bridgehead atoms. The van der Waals surface area contributed by atoms with Gasteiger partial charge in [0.25, 0.3) is 0 Å². The minimum absolute atomic E-state index is 0.00130. The van der Waals surface area contributed by atoms with Crippen molar-refractivity contribution >= 4 is 11.8 Å². The summed E-state index contributed by atoms with van der Waals surface area (Å²) in [5.41, 5.74) is 2.03. The molecule has 1 saturated heterocycles. The maximum absolute atomic E-state index is 10.9. The number of rotatable bonds is 1. The highest BCUT2D eigenvalue weighted by Crippen LogP contribution is 2.15. The molecule has 0 aromatic carbocycles. The zero-order valence-electron chi connectivity index (χ0n) is 6.33. The lowest BCUT2D eigenvalue weighted by Gasteiger charge is -2.07. The normalized spacial score (nSPS) is 24.0. The minimum Gasteiger partial charge on any atom is -0.345 e. The molecule has 2 amide bonds. The Morgan fingerprint density at radius 2 is 2.45 bits per heavy atom. The van der Waals surface area contributed by atoms with Crippen molar-refractivity contribution < 1.29 is 9.59 Å². The van der Waals surface area contributed by atoms with Crippen LogP contribution in [0.15, 0.2) is 0 Å². The van der Waals surface area contributed by atoms with Crippen molar-refractivity contribution in [1.29, 1.82) is 0 Å². The summed E-state index contributed by atoms with van der Waals surface area (Å²) in [5.74, 6) is 4.38. The van der Waals surface area contributed by atoms with Gasteiger partial charge in [-0.25, -0.2) is 5.84 Å². The second-order valence-corrected chi connectivity index (χ2v) is 2.68. The Balaban J connectivity index is 2.53. The van der Waals surface area contributed by atoms with Crippen molar-refractivity contribution in [3.05, 3.63) is 0 Å². The van der Waals surface area contributed by atoms with Crippen LogP contribution in [0.1, 0.15) is 6.42 Å². The summed E-state index contributed by atoms with van der Waals surface area (Å²) in [6.07, 6.45) is 0.277. The van der Waals surface area contributed by atoms with Gasteiger partial charge >= 0.3 is 0 Å². The molecule has 5 heteroatoms. The van der Waals surface area contributed by atoms with Crippen LogP contribution in [-0.4, -0.2) is 30.3 Å². The SMILES string of the molecule is CN1C[C@@H](C(=O)NN)CC1=O. The van der Waals surface area contributed by atoms with Gasteiger partial charge in [0, 0.05) is 20.0 Å². The summed E-state index contributed by atoms with van der Waals surface area (Å²) in [6, 6.07) is 0. The topological polar surface area (TPSA) is 75.4 Å². The molecule has 0 radical (unpaired) electrons. The number of nitrogens with zero attached hydrogens (tertiary/aromatic N) is 1. The van der Waals surface area contributed by atoms with E-state index in [-0.39, 0.29) is 24.2 Å². The van der Waals surface area contributed by atoms with Crippen LogP contribution in [0.2, 0.25) is 0 Å². The van der Waals surface area contributed by atoms with E-state index in [0.717, 1.165) is 0 Å². The second-order valence-electron chi connectivity index (χ2n) is 2.68. The molecule has 1 atom stereocenters. The number of nitrogens with one attached hydrogen (secondary N) is 1. The third-order valence-electron chi connectivity index (χ3n) is 1.85. The molecule has 1 heterocycles. The van der Waals surface area contributed by atoms with Crippen molar-refractivity contribution in [1.82, 2.24) is 10.3 Å². The van der Waals surface area contributed by atoms with E-state index in [1.807, 2.05) is 5.43 Å². The Morgan fingerprint density at radius 3 is 2.82 bits per heavy atom. The number of amides is 2. The molecule has 62 valence electrons. The van der Waals surface area contributed by atoms with Gasteiger partial charge in [0.1, 0.15) is 0 Å². The predicted molar refractivity (Wildman–Crippen MR) is 38.1 cm³/mol. The molecule has 1 aliphatic heterocycles. The lowest BCUT2D eigenvalue weighted by molar-refractivity contribution is -0.128. The summed E-state index contributed by atoms with van der Waals surface area (Å²) < 4.78 is 0. The lowest BCUT2D eigenvalue weighted by atomic mass is 10.1. The van der Waals surface area contributed by atoms with Crippen molar-refractivity contribution in [3.63, 3.8) is 0 Å². The standard InChI is InChI=1S/C6H11N3O2/c1-9-3-4(2-5(9)10)6(11)8-7/h4H,2-3,7H2,1H3,(H,8,11)/t4-/m0/s1. The van der Waals surface area contributed by atoms with Crippen molar-refractivity contribution in [3.8, 4) is 0 Å². The van der Waals surface area contributed by atoms with Gasteiger partial charge in [-0.05, 0) is 0 Å². The molecule has 5 nitrogen and oxygen atoms in total. The van der Waals surface area contributed by atoms with E-state index in [1.165, 1.54) is 4.90 Å². The maximum Gasteiger partial charge on any atom is 0.239 e. The van der Waals surface area contributed by atoms with Crippen LogP contribution in [0.4, 0.5) is 0 Å². The highest BCUT2D eigenvalue weighted by atomic mass is 16.2. The molecule has 0 spiro atoms. The van der Waals surface area contributed by atoms with Gasteiger partial charge in [-0.2, -0.15) is 0 Å². The van der Waals surface area contributed by atoms with Gasteiger partial charge in [-0.1, -0.05) is 0 Å². The van der Waals surface area contributed by atoms with Gasteiger partial charge in [0.05, 0.1) is 5.92 Å². The van der Waals surface area contributed by atoms with E-state index < -0.39 is 0 Å². The Morgan fingerprint density at radius 1 is 1.82 bits per heavy atom. The Bertz CT molecular complexity index is 192. The van der Waals surface area contributed by atoms with Gasteiger partial charge in [0.2, 0.25) is 11.8 Å². The van der Waals surface area contributed by atoms with Crippen molar-refractivity contribution in [2.75, 3.05) is 13.6 Å². The summed E-state index contributed by atoms with van der Waals surface area (Å²) in [7, 11) is 1.67. The number of nitrogens with two attached hydrogens (primary N) is 1. The maximum atomic E-state index is 10.9. The van der Waals surface area contributed by atoms with Crippen LogP contribution < -0.4 is 11.3 Å². The summed E-state index contributed by atoms with van der Waals surface area (Å²) in [5, 5.41) is 0. The molecule has 1 rings (SSSR count). The molecule has 0 unspecified atom stereocenters. The quantitative estimate of drug-likeness (QED) is 0.275. The number of hydrogen-bond acceptors (Lipinski definition) is 3. The summed E-state index contributed by atoms with van der Waals surface area (Å²) >= 11 is 0. The number of carbonyl (C=O) groups is 2. The fourth-order valence-electron chi connectivity index (χ4n) is 1.16. The number of hydrogen-bond donors (Lipinski definition) is 2. The third kappa shape index (κ3) is 1.48. The van der Waals surface area contributed by atoms with Crippen LogP contribution in [0.5, 0.6) is 0 Å². The lowest BCUT2D eigenvalue weighted by Crippen LogP contribution is -2.36. The molecule has 0 aromatic heterocycles. The van der Waals surface area contributed by atoms with Gasteiger partial charge in [-0.3, -0.25) is 15.0 Å². The van der Waals surface area contributed by atoms with Crippen molar-refractivity contribution in [2.24, 2.45) is 11.8 Å². The smallest absolute Gasteiger partial charge is 0.239 e. The van der Waals surface area contributed by atoms with E-state index in [9.17, 15) is 9.59 Å². The first-order chi connectivity index (χ1) is 5.15. The second kappa shape index (κ2) is 2.87. The first-order valence-corrected chi connectivity index (χ1v) is 3.39. The van der Waals surface area contributed by atoms with Crippen LogP contribution in [0.3, 0.4) is 0 Å². The Labute approximate surface area is 64.5 Å². The van der Waals surface area contributed by atoms with E-state index in [1.54, 1.807) is 7.05 Å². The fraction of sp³-hybridized carbons (Fsp3) is 0.667. The zero-order chi connectivity index (χ0) is 8.43. The Kier molecular flexibility index (Phi) is 2.09. The van der Waals surface area contributed by atoms with Crippen LogP contribution in [0, 0.1) is 5.92 Å². The molecule has 1 fully saturated rings. The van der Waals surface area contributed by atoms with Gasteiger partial charge in [-0.15, -0.1) is 0 Å². The highest BCUT2D eigenvalue weighted by Gasteiger charge is 2.31. The predicted octanol–water partition coefficient (Wildman–Crippen LogP) is -1.55. The average Bonchev–Trinajstić information content (AvgIpc) is 2.31. The van der Waals surface area contributed by atoms with Crippen LogP contribution in [0.25, 0.3) is 0 Å². The number of carbonyl (C=O) groups excluding carboxylic acids is 2. The molecule has 11 heavy (non-hydrogen) atoms. The monoisotopic (exact) mass is 157 g/mol. The van der Waals surface area contributed by atoms with Crippen LogP contribution >= 0.6 is 0 Å².